The van der Waals surface area contributed by atoms with Crippen LogP contribution in [-0.4, -0.2) is 17.0 Å². The Hall–Kier alpha value is 0.440. The Morgan fingerprint density at radius 3 is 2.45 bits per heavy atom. The Bertz CT molecular complexity index is 76.0. The number of unbranched alkanes of at least 4 members (excludes halogenated alkanes) is 2. The normalized spacial score (nSPS) is 13.4. The Morgan fingerprint density at radius 2 is 1.91 bits per heavy atom. The smallest absolute Gasteiger partial charge is 0.0431 e. The highest BCUT2D eigenvalue weighted by Gasteiger charge is 1.99. The van der Waals surface area contributed by atoms with E-state index in [1.54, 1.807) is 0 Å². The minimum absolute atomic E-state index is 0.354. The van der Waals surface area contributed by atoms with Crippen LogP contribution in [0.15, 0.2) is 0 Å². The quantitative estimate of drug-likeness (QED) is 0.519. The van der Waals surface area contributed by atoms with E-state index in [-0.39, 0.29) is 0 Å². The monoisotopic (exact) mass is 222 g/mol. The van der Waals surface area contributed by atoms with Gasteiger partial charge in [0.05, 0.1) is 0 Å². The molecular formula is C9H19BrO. The third kappa shape index (κ3) is 8.35. The molecule has 1 nitrogen and oxygen atoms in total. The van der Waals surface area contributed by atoms with Crippen molar-refractivity contribution in [3.05, 3.63) is 0 Å². The van der Waals surface area contributed by atoms with E-state index < -0.39 is 0 Å². The summed E-state index contributed by atoms with van der Waals surface area (Å²) in [6.07, 6.45) is 6.02. The average molecular weight is 223 g/mol. The molecule has 0 aliphatic heterocycles. The van der Waals surface area contributed by atoms with E-state index in [1.807, 2.05) is 0 Å². The Morgan fingerprint density at radius 1 is 1.18 bits per heavy atom. The first-order chi connectivity index (χ1) is 5.31. The van der Waals surface area contributed by atoms with Gasteiger partial charge in [0.15, 0.2) is 0 Å². The SMILES string of the molecule is C[C@H](CCBr)CCCCCO. The van der Waals surface area contributed by atoms with Crippen LogP contribution in [0, 0.1) is 5.92 Å². The fourth-order valence-electron chi connectivity index (χ4n) is 1.11. The van der Waals surface area contributed by atoms with E-state index in [1.165, 1.54) is 25.7 Å². The highest BCUT2D eigenvalue weighted by atomic mass is 79.9. The standard InChI is InChI=1S/C9H19BrO/c1-9(6-7-10)5-3-2-4-8-11/h9,11H,2-8H2,1H3/t9-/m0/s1. The van der Waals surface area contributed by atoms with Crippen LogP contribution in [0.3, 0.4) is 0 Å². The second-order valence-corrected chi connectivity index (χ2v) is 3.95. The Balaban J connectivity index is 2.97. The second kappa shape index (κ2) is 8.54. The topological polar surface area (TPSA) is 20.2 Å². The third-order valence-electron chi connectivity index (χ3n) is 1.96. The van der Waals surface area contributed by atoms with Gasteiger partial charge in [-0.1, -0.05) is 42.1 Å². The van der Waals surface area contributed by atoms with Gasteiger partial charge in [-0.15, -0.1) is 0 Å². The number of rotatable bonds is 7. The van der Waals surface area contributed by atoms with Gasteiger partial charge in [0, 0.05) is 11.9 Å². The minimum atomic E-state index is 0.354. The van der Waals surface area contributed by atoms with Crippen LogP contribution in [0.4, 0.5) is 0 Å². The van der Waals surface area contributed by atoms with Crippen molar-refractivity contribution in [2.24, 2.45) is 5.92 Å². The van der Waals surface area contributed by atoms with Crippen molar-refractivity contribution in [3.8, 4) is 0 Å². The zero-order chi connectivity index (χ0) is 8.53. The zero-order valence-corrected chi connectivity index (χ0v) is 8.94. The molecule has 68 valence electrons. The second-order valence-electron chi connectivity index (χ2n) is 3.16. The van der Waals surface area contributed by atoms with E-state index in [2.05, 4.69) is 22.9 Å². The van der Waals surface area contributed by atoms with Crippen LogP contribution >= 0.6 is 15.9 Å². The predicted molar refractivity (Wildman–Crippen MR) is 53.1 cm³/mol. The molecule has 0 aromatic carbocycles. The van der Waals surface area contributed by atoms with Gasteiger partial charge >= 0.3 is 0 Å². The number of hydrogen-bond acceptors (Lipinski definition) is 1. The molecule has 0 radical (unpaired) electrons. The van der Waals surface area contributed by atoms with E-state index >= 15 is 0 Å². The van der Waals surface area contributed by atoms with Crippen LogP contribution in [0.5, 0.6) is 0 Å². The van der Waals surface area contributed by atoms with Gasteiger partial charge in [-0.3, -0.25) is 0 Å². The summed E-state index contributed by atoms with van der Waals surface area (Å²) >= 11 is 3.43. The molecule has 1 N–H and O–H groups in total. The molecule has 1 atom stereocenters. The molecule has 0 aromatic heterocycles. The highest BCUT2D eigenvalue weighted by Crippen LogP contribution is 2.13. The van der Waals surface area contributed by atoms with Crippen molar-refractivity contribution in [3.63, 3.8) is 0 Å². The molecule has 0 aromatic rings. The number of alkyl halides is 1. The molecule has 0 saturated carbocycles. The molecule has 0 fully saturated rings. The summed E-state index contributed by atoms with van der Waals surface area (Å²) in [4.78, 5) is 0. The van der Waals surface area contributed by atoms with E-state index in [0.717, 1.165) is 17.7 Å². The maximum atomic E-state index is 8.53. The lowest BCUT2D eigenvalue weighted by atomic mass is 10.0. The summed E-state index contributed by atoms with van der Waals surface area (Å²) in [5, 5.41) is 9.65. The van der Waals surface area contributed by atoms with Crippen LogP contribution in [0.25, 0.3) is 0 Å². The maximum absolute atomic E-state index is 8.53. The van der Waals surface area contributed by atoms with Gasteiger partial charge in [0.1, 0.15) is 0 Å². The summed E-state index contributed by atoms with van der Waals surface area (Å²) < 4.78 is 0. The van der Waals surface area contributed by atoms with Gasteiger partial charge in [-0.25, -0.2) is 0 Å². The highest BCUT2D eigenvalue weighted by molar-refractivity contribution is 9.09. The fraction of sp³-hybridized carbons (Fsp3) is 1.00. The van der Waals surface area contributed by atoms with Crippen molar-refractivity contribution < 1.29 is 5.11 Å². The fourth-order valence-corrected chi connectivity index (χ4v) is 1.89. The summed E-state index contributed by atoms with van der Waals surface area (Å²) in [6.45, 7) is 2.65. The zero-order valence-electron chi connectivity index (χ0n) is 7.35. The minimum Gasteiger partial charge on any atom is -0.396 e. The molecule has 0 spiro atoms. The van der Waals surface area contributed by atoms with Gasteiger partial charge in [-0.05, 0) is 18.8 Å². The molecule has 2 heteroatoms. The van der Waals surface area contributed by atoms with E-state index in [4.69, 9.17) is 5.11 Å². The molecule has 0 amide bonds. The number of aliphatic hydroxyl groups is 1. The van der Waals surface area contributed by atoms with Crippen molar-refractivity contribution in [1.82, 2.24) is 0 Å². The molecule has 0 heterocycles. The van der Waals surface area contributed by atoms with Crippen molar-refractivity contribution in [2.45, 2.75) is 39.0 Å². The van der Waals surface area contributed by atoms with Gasteiger partial charge in [-0.2, -0.15) is 0 Å². The first-order valence-corrected chi connectivity index (χ1v) is 5.60. The Kier molecular flexibility index (Phi) is 8.88. The molecule has 0 saturated heterocycles. The average Bonchev–Trinajstić information content (AvgIpc) is 1.99. The molecule has 11 heavy (non-hydrogen) atoms. The van der Waals surface area contributed by atoms with Gasteiger partial charge in [0.25, 0.3) is 0 Å². The van der Waals surface area contributed by atoms with Gasteiger partial charge < -0.3 is 5.11 Å². The molecule has 0 bridgehead atoms. The number of halogens is 1. The summed E-state index contributed by atoms with van der Waals surface area (Å²) in [6, 6.07) is 0. The first kappa shape index (κ1) is 11.4. The van der Waals surface area contributed by atoms with Crippen molar-refractivity contribution >= 4 is 15.9 Å². The Labute approximate surface area is 78.3 Å². The molecule has 0 aliphatic carbocycles. The lowest BCUT2D eigenvalue weighted by Gasteiger charge is -2.07. The molecular weight excluding hydrogens is 204 g/mol. The van der Waals surface area contributed by atoms with E-state index in [9.17, 15) is 0 Å². The van der Waals surface area contributed by atoms with Crippen LogP contribution in [-0.2, 0) is 0 Å². The van der Waals surface area contributed by atoms with Crippen LogP contribution in [0.1, 0.15) is 39.0 Å². The van der Waals surface area contributed by atoms with Crippen LogP contribution in [0.2, 0.25) is 0 Å². The largest absolute Gasteiger partial charge is 0.396 e. The van der Waals surface area contributed by atoms with Crippen molar-refractivity contribution in [2.75, 3.05) is 11.9 Å². The summed E-state index contributed by atoms with van der Waals surface area (Å²) in [5.74, 6) is 0.841. The molecule has 0 aliphatic rings. The molecule has 0 rings (SSSR count). The number of hydrogen-bond donors (Lipinski definition) is 1. The first-order valence-electron chi connectivity index (χ1n) is 4.48. The van der Waals surface area contributed by atoms with Crippen LogP contribution < -0.4 is 0 Å². The lowest BCUT2D eigenvalue weighted by Crippen LogP contribution is -1.95. The summed E-state index contributed by atoms with van der Waals surface area (Å²) in [7, 11) is 0. The molecule has 0 unspecified atom stereocenters. The number of aliphatic hydroxyl groups excluding tert-OH is 1. The lowest BCUT2D eigenvalue weighted by molar-refractivity contribution is 0.280. The van der Waals surface area contributed by atoms with Crippen molar-refractivity contribution in [1.29, 1.82) is 0 Å². The van der Waals surface area contributed by atoms with E-state index in [0.29, 0.717) is 6.61 Å². The third-order valence-corrected chi connectivity index (χ3v) is 2.41. The maximum Gasteiger partial charge on any atom is 0.0431 e. The predicted octanol–water partition coefficient (Wildman–Crippen LogP) is 2.96. The van der Waals surface area contributed by atoms with Gasteiger partial charge in [0.2, 0.25) is 0 Å². The summed E-state index contributed by atoms with van der Waals surface area (Å²) in [5.41, 5.74) is 0.